The molecule has 1 unspecified atom stereocenters. The molecule has 0 aliphatic carbocycles. The highest BCUT2D eigenvalue weighted by Gasteiger charge is 2.27. The van der Waals surface area contributed by atoms with Gasteiger partial charge in [0.2, 0.25) is 5.89 Å². The van der Waals surface area contributed by atoms with Gasteiger partial charge < -0.3 is 9.73 Å². The second kappa shape index (κ2) is 6.29. The molecule has 0 amide bonds. The maximum atomic E-state index is 12.3. The molecule has 9 heteroatoms. The van der Waals surface area contributed by atoms with Crippen LogP contribution in [0.3, 0.4) is 0 Å². The summed E-state index contributed by atoms with van der Waals surface area (Å²) < 4.78 is 33.9. The predicted molar refractivity (Wildman–Crippen MR) is 76.9 cm³/mol. The fourth-order valence-corrected chi connectivity index (χ4v) is 3.94. The van der Waals surface area contributed by atoms with Crippen LogP contribution in [0.2, 0.25) is 0 Å². The van der Waals surface area contributed by atoms with Gasteiger partial charge in [-0.25, -0.2) is 4.72 Å². The first kappa shape index (κ1) is 14.7. The minimum absolute atomic E-state index is 0.0361. The van der Waals surface area contributed by atoms with Crippen molar-refractivity contribution in [2.45, 2.75) is 44.6 Å². The summed E-state index contributed by atoms with van der Waals surface area (Å²) in [6, 6.07) is -0.0168. The lowest BCUT2D eigenvalue weighted by Crippen LogP contribution is -2.36. The molecule has 0 bridgehead atoms. The normalized spacial score (nSPS) is 24.9. The molecule has 2 aliphatic heterocycles. The number of anilines is 1. The van der Waals surface area contributed by atoms with Crippen LogP contribution in [0.15, 0.2) is 4.42 Å². The van der Waals surface area contributed by atoms with E-state index in [0.717, 1.165) is 45.1 Å². The van der Waals surface area contributed by atoms with E-state index in [1.54, 1.807) is 0 Å². The molecule has 1 atom stereocenters. The van der Waals surface area contributed by atoms with Crippen LogP contribution in [0.1, 0.15) is 50.5 Å². The third kappa shape index (κ3) is 3.53. The second-order valence-electron chi connectivity index (χ2n) is 5.51. The molecule has 0 aromatic carbocycles. The van der Waals surface area contributed by atoms with Gasteiger partial charge in [0.05, 0.1) is 6.04 Å². The lowest BCUT2D eigenvalue weighted by Gasteiger charge is -2.18. The lowest BCUT2D eigenvalue weighted by molar-refractivity contribution is 0.421. The Morgan fingerprint density at radius 3 is 2.57 bits per heavy atom. The first-order valence-electron chi connectivity index (χ1n) is 7.50. The van der Waals surface area contributed by atoms with Crippen LogP contribution in [0.5, 0.6) is 0 Å². The van der Waals surface area contributed by atoms with Crippen molar-refractivity contribution in [2.24, 2.45) is 0 Å². The van der Waals surface area contributed by atoms with E-state index >= 15 is 0 Å². The van der Waals surface area contributed by atoms with Crippen molar-refractivity contribution in [1.82, 2.24) is 19.8 Å². The number of hydrogen-bond donors (Lipinski definition) is 2. The van der Waals surface area contributed by atoms with Crippen molar-refractivity contribution in [3.8, 4) is 0 Å². The zero-order valence-electron chi connectivity index (χ0n) is 11.9. The fourth-order valence-electron chi connectivity index (χ4n) is 2.77. The maximum Gasteiger partial charge on any atom is 0.330 e. The first-order valence-corrected chi connectivity index (χ1v) is 8.94. The van der Waals surface area contributed by atoms with Crippen molar-refractivity contribution in [3.63, 3.8) is 0 Å². The maximum absolute atomic E-state index is 12.3. The smallest absolute Gasteiger partial charge is 0.330 e. The molecule has 118 valence electrons. The SMILES string of the molecule is O=S(=O)(Nc1nnc(C2CCCN2)o1)N1CCCCCC1. The number of nitrogens with one attached hydrogen (secondary N) is 2. The zero-order chi connectivity index (χ0) is 14.7. The van der Waals surface area contributed by atoms with Crippen LogP contribution in [0, 0.1) is 0 Å². The molecule has 2 fully saturated rings. The average Bonchev–Trinajstić information content (AvgIpc) is 3.04. The van der Waals surface area contributed by atoms with Crippen molar-refractivity contribution < 1.29 is 12.8 Å². The Kier molecular flexibility index (Phi) is 4.41. The number of rotatable bonds is 4. The van der Waals surface area contributed by atoms with Crippen molar-refractivity contribution in [2.75, 3.05) is 24.4 Å². The third-order valence-corrected chi connectivity index (χ3v) is 5.40. The van der Waals surface area contributed by atoms with Crippen LogP contribution in [0.25, 0.3) is 0 Å². The monoisotopic (exact) mass is 315 g/mol. The highest BCUT2D eigenvalue weighted by atomic mass is 32.2. The van der Waals surface area contributed by atoms with Crippen LogP contribution in [0.4, 0.5) is 6.01 Å². The molecule has 2 aliphatic rings. The van der Waals surface area contributed by atoms with E-state index in [1.165, 1.54) is 4.31 Å². The highest BCUT2D eigenvalue weighted by Crippen LogP contribution is 2.23. The zero-order valence-corrected chi connectivity index (χ0v) is 12.7. The molecule has 1 aromatic heterocycles. The standard InChI is InChI=1S/C12H21N5O3S/c18-21(19,17-8-3-1-2-4-9-17)16-12-15-14-11(20-12)10-6-5-7-13-10/h10,13H,1-9H2,(H,15,16). The highest BCUT2D eigenvalue weighted by molar-refractivity contribution is 7.90. The largest absolute Gasteiger partial charge is 0.406 e. The Bertz CT molecular complexity index is 559. The summed E-state index contributed by atoms with van der Waals surface area (Å²) in [6.07, 6.45) is 5.92. The topological polar surface area (TPSA) is 100 Å². The molecule has 3 rings (SSSR count). The average molecular weight is 315 g/mol. The summed E-state index contributed by atoms with van der Waals surface area (Å²) >= 11 is 0. The fraction of sp³-hybridized carbons (Fsp3) is 0.833. The third-order valence-electron chi connectivity index (χ3n) is 3.92. The second-order valence-corrected chi connectivity index (χ2v) is 7.19. The summed E-state index contributed by atoms with van der Waals surface area (Å²) in [4.78, 5) is 0. The van der Waals surface area contributed by atoms with Crippen LogP contribution >= 0.6 is 0 Å². The van der Waals surface area contributed by atoms with Crippen molar-refractivity contribution in [3.05, 3.63) is 5.89 Å². The minimum Gasteiger partial charge on any atom is -0.406 e. The molecule has 3 heterocycles. The predicted octanol–water partition coefficient (Wildman–Crippen LogP) is 1.03. The first-order chi connectivity index (χ1) is 10.1. The molecule has 0 radical (unpaired) electrons. The van der Waals surface area contributed by atoms with Crippen LogP contribution < -0.4 is 10.0 Å². The molecular formula is C12H21N5O3S. The van der Waals surface area contributed by atoms with Gasteiger partial charge in [-0.2, -0.15) is 12.7 Å². The van der Waals surface area contributed by atoms with Crippen LogP contribution in [-0.4, -0.2) is 42.6 Å². The molecule has 21 heavy (non-hydrogen) atoms. The molecule has 8 nitrogen and oxygen atoms in total. The van der Waals surface area contributed by atoms with Gasteiger partial charge in [-0.1, -0.05) is 17.9 Å². The quantitative estimate of drug-likeness (QED) is 0.860. The summed E-state index contributed by atoms with van der Waals surface area (Å²) in [7, 11) is -3.60. The van der Waals surface area contributed by atoms with E-state index in [2.05, 4.69) is 20.2 Å². The van der Waals surface area contributed by atoms with Crippen molar-refractivity contribution >= 4 is 16.2 Å². The van der Waals surface area contributed by atoms with Gasteiger partial charge in [0.25, 0.3) is 0 Å². The minimum atomic E-state index is -3.60. The number of hydrogen-bond acceptors (Lipinski definition) is 6. The van der Waals surface area contributed by atoms with Gasteiger partial charge in [0.1, 0.15) is 0 Å². The summed E-state index contributed by atoms with van der Waals surface area (Å²) in [5.74, 6) is 0.445. The molecule has 2 N–H and O–H groups in total. The molecule has 1 aromatic rings. The summed E-state index contributed by atoms with van der Waals surface area (Å²) in [5.41, 5.74) is 0. The van der Waals surface area contributed by atoms with Gasteiger partial charge in [0, 0.05) is 13.1 Å². The van der Waals surface area contributed by atoms with Gasteiger partial charge in [-0.05, 0) is 32.2 Å². The Morgan fingerprint density at radius 2 is 1.90 bits per heavy atom. The number of nitrogens with zero attached hydrogens (tertiary/aromatic N) is 3. The Morgan fingerprint density at radius 1 is 1.14 bits per heavy atom. The van der Waals surface area contributed by atoms with E-state index in [4.69, 9.17) is 4.42 Å². The van der Waals surface area contributed by atoms with Gasteiger partial charge in [-0.15, -0.1) is 5.10 Å². The van der Waals surface area contributed by atoms with E-state index in [-0.39, 0.29) is 12.1 Å². The molecule has 0 spiro atoms. The molecular weight excluding hydrogens is 294 g/mol. The number of aromatic nitrogens is 2. The van der Waals surface area contributed by atoms with E-state index in [1.807, 2.05) is 0 Å². The van der Waals surface area contributed by atoms with E-state index < -0.39 is 10.2 Å². The van der Waals surface area contributed by atoms with Gasteiger partial charge >= 0.3 is 16.2 Å². The Balaban J connectivity index is 1.67. The van der Waals surface area contributed by atoms with E-state index in [9.17, 15) is 8.42 Å². The van der Waals surface area contributed by atoms with Gasteiger partial charge in [0.15, 0.2) is 0 Å². The lowest BCUT2D eigenvalue weighted by atomic mass is 10.2. The molecule has 0 saturated carbocycles. The van der Waals surface area contributed by atoms with Gasteiger partial charge in [-0.3, -0.25) is 0 Å². The Hall–Kier alpha value is -1.19. The Labute approximate surface area is 124 Å². The molecule has 2 saturated heterocycles. The van der Waals surface area contributed by atoms with Crippen LogP contribution in [-0.2, 0) is 10.2 Å². The summed E-state index contributed by atoms with van der Waals surface area (Å²) in [6.45, 7) is 2.00. The summed E-state index contributed by atoms with van der Waals surface area (Å²) in [5, 5.41) is 10.9. The van der Waals surface area contributed by atoms with Crippen molar-refractivity contribution in [1.29, 1.82) is 0 Å². The van der Waals surface area contributed by atoms with E-state index in [0.29, 0.717) is 19.0 Å².